The van der Waals surface area contributed by atoms with E-state index in [2.05, 4.69) is 24.2 Å². The van der Waals surface area contributed by atoms with E-state index in [4.69, 9.17) is 14.3 Å². The molecular weight excluding hydrogens is 266 g/mol. The molecule has 0 spiro atoms. The number of nitrogens with zero attached hydrogens (tertiary/aromatic N) is 1. The molecule has 0 unspecified atom stereocenters. The molecule has 0 atom stereocenters. The van der Waals surface area contributed by atoms with E-state index in [0.717, 1.165) is 28.3 Å². The van der Waals surface area contributed by atoms with E-state index < -0.39 is 0 Å². The minimum Gasteiger partial charge on any atom is -0.454 e. The lowest BCUT2D eigenvalue weighted by molar-refractivity contribution is 0.130. The van der Waals surface area contributed by atoms with Gasteiger partial charge in [0.15, 0.2) is 11.5 Å². The van der Waals surface area contributed by atoms with Crippen molar-refractivity contribution in [3.63, 3.8) is 0 Å². The fourth-order valence-corrected chi connectivity index (χ4v) is 2.06. The van der Waals surface area contributed by atoms with Gasteiger partial charge in [-0.3, -0.25) is 0 Å². The summed E-state index contributed by atoms with van der Waals surface area (Å²) in [5.74, 6) is 1.52. The first-order valence-corrected chi connectivity index (χ1v) is 6.84. The monoisotopic (exact) mass is 283 g/mol. The molecule has 0 fully saturated rings. The summed E-state index contributed by atoms with van der Waals surface area (Å²) in [5.41, 5.74) is 4.10. The summed E-state index contributed by atoms with van der Waals surface area (Å²) in [4.78, 5) is 5.41. The van der Waals surface area contributed by atoms with Crippen LogP contribution in [-0.4, -0.2) is 12.5 Å². The van der Waals surface area contributed by atoms with Gasteiger partial charge in [-0.25, -0.2) is 0 Å². The third kappa shape index (κ3) is 3.16. The summed E-state index contributed by atoms with van der Waals surface area (Å²) in [6.07, 6.45) is 0. The number of fused-ring (bicyclic) bond motifs is 1. The molecule has 1 aliphatic heterocycles. The number of hydrogen-bond acceptors (Lipinski definition) is 4. The molecule has 4 nitrogen and oxygen atoms in total. The Morgan fingerprint density at radius 3 is 2.67 bits per heavy atom. The van der Waals surface area contributed by atoms with Crippen molar-refractivity contribution >= 4 is 5.71 Å². The Morgan fingerprint density at radius 1 is 1.10 bits per heavy atom. The van der Waals surface area contributed by atoms with E-state index in [1.54, 1.807) is 0 Å². The maximum atomic E-state index is 5.41. The molecule has 0 amide bonds. The van der Waals surface area contributed by atoms with Crippen LogP contribution in [0.15, 0.2) is 47.6 Å². The average Bonchev–Trinajstić information content (AvgIpc) is 2.96. The first-order valence-electron chi connectivity index (χ1n) is 6.84. The van der Waals surface area contributed by atoms with E-state index in [9.17, 15) is 0 Å². The third-order valence-corrected chi connectivity index (χ3v) is 3.34. The molecule has 0 aliphatic carbocycles. The Bertz CT molecular complexity index is 662. The van der Waals surface area contributed by atoms with Crippen LogP contribution in [0, 0.1) is 6.92 Å². The largest absolute Gasteiger partial charge is 0.454 e. The summed E-state index contributed by atoms with van der Waals surface area (Å²) in [7, 11) is 0. The van der Waals surface area contributed by atoms with E-state index in [0.29, 0.717) is 6.61 Å². The van der Waals surface area contributed by atoms with Gasteiger partial charge >= 0.3 is 0 Å². The quantitative estimate of drug-likeness (QED) is 0.635. The predicted octanol–water partition coefficient (Wildman–Crippen LogP) is 3.66. The van der Waals surface area contributed by atoms with Crippen LogP contribution in [0.4, 0.5) is 0 Å². The van der Waals surface area contributed by atoms with Gasteiger partial charge in [0.1, 0.15) is 6.61 Å². The Labute approximate surface area is 123 Å². The predicted molar refractivity (Wildman–Crippen MR) is 80.7 cm³/mol. The van der Waals surface area contributed by atoms with Gasteiger partial charge in [0.05, 0.1) is 5.71 Å². The van der Waals surface area contributed by atoms with Gasteiger partial charge in [-0.05, 0) is 37.6 Å². The van der Waals surface area contributed by atoms with Crippen molar-refractivity contribution in [1.29, 1.82) is 0 Å². The summed E-state index contributed by atoms with van der Waals surface area (Å²) in [6.45, 7) is 4.71. The van der Waals surface area contributed by atoms with Crippen LogP contribution in [0.25, 0.3) is 0 Å². The van der Waals surface area contributed by atoms with E-state index >= 15 is 0 Å². The molecule has 0 N–H and O–H groups in total. The number of hydrogen-bond donors (Lipinski definition) is 0. The molecule has 1 aliphatic rings. The van der Waals surface area contributed by atoms with Gasteiger partial charge in [-0.2, -0.15) is 0 Å². The molecule has 108 valence electrons. The molecule has 0 saturated carbocycles. The van der Waals surface area contributed by atoms with Gasteiger partial charge in [0.2, 0.25) is 6.79 Å². The number of oxime groups is 1. The van der Waals surface area contributed by atoms with E-state index in [1.165, 1.54) is 5.56 Å². The minimum absolute atomic E-state index is 0.277. The highest BCUT2D eigenvalue weighted by Crippen LogP contribution is 2.32. The van der Waals surface area contributed by atoms with Gasteiger partial charge in [0, 0.05) is 5.56 Å². The molecule has 2 aromatic carbocycles. The Balaban J connectivity index is 1.64. The van der Waals surface area contributed by atoms with Crippen molar-refractivity contribution in [3.8, 4) is 11.5 Å². The van der Waals surface area contributed by atoms with Crippen molar-refractivity contribution in [2.45, 2.75) is 20.5 Å². The van der Waals surface area contributed by atoms with E-state index in [-0.39, 0.29) is 6.79 Å². The lowest BCUT2D eigenvalue weighted by Crippen LogP contribution is -1.97. The maximum Gasteiger partial charge on any atom is 0.231 e. The second kappa shape index (κ2) is 5.87. The standard InChI is InChI=1S/C17H17NO3/c1-12-3-5-14(6-4-12)10-21-18-13(2)15-7-8-16-17(9-15)20-11-19-16/h3-9H,10-11H2,1-2H3/b18-13+. The highest BCUT2D eigenvalue weighted by Gasteiger charge is 2.14. The highest BCUT2D eigenvalue weighted by molar-refractivity contribution is 5.98. The number of benzene rings is 2. The molecule has 0 radical (unpaired) electrons. The lowest BCUT2D eigenvalue weighted by atomic mass is 10.1. The lowest BCUT2D eigenvalue weighted by Gasteiger charge is -2.04. The molecule has 3 rings (SSSR count). The average molecular weight is 283 g/mol. The van der Waals surface area contributed by atoms with Crippen LogP contribution in [-0.2, 0) is 11.4 Å². The normalized spacial score (nSPS) is 13.3. The third-order valence-electron chi connectivity index (χ3n) is 3.34. The van der Waals surface area contributed by atoms with Crippen LogP contribution in [0.3, 0.4) is 0 Å². The van der Waals surface area contributed by atoms with Gasteiger partial charge in [0.25, 0.3) is 0 Å². The van der Waals surface area contributed by atoms with E-state index in [1.807, 2.05) is 37.3 Å². The molecule has 21 heavy (non-hydrogen) atoms. The van der Waals surface area contributed by atoms with Crippen molar-refractivity contribution in [2.75, 3.05) is 6.79 Å². The molecule has 0 saturated heterocycles. The Kier molecular flexibility index (Phi) is 3.77. The topological polar surface area (TPSA) is 40.0 Å². The molecular formula is C17H17NO3. The fraction of sp³-hybridized carbons (Fsp3) is 0.235. The fourth-order valence-electron chi connectivity index (χ4n) is 2.06. The van der Waals surface area contributed by atoms with Gasteiger partial charge in [-0.15, -0.1) is 0 Å². The number of ether oxygens (including phenoxy) is 2. The summed E-state index contributed by atoms with van der Waals surface area (Å²) in [5, 5.41) is 4.16. The Hall–Kier alpha value is -2.49. The molecule has 0 bridgehead atoms. The molecule has 2 aromatic rings. The van der Waals surface area contributed by atoms with Crippen LogP contribution >= 0.6 is 0 Å². The zero-order valence-electron chi connectivity index (χ0n) is 12.1. The molecule has 0 aromatic heterocycles. The van der Waals surface area contributed by atoms with Crippen LogP contribution in [0.2, 0.25) is 0 Å². The first-order chi connectivity index (χ1) is 10.2. The van der Waals surface area contributed by atoms with Crippen LogP contribution in [0.1, 0.15) is 23.6 Å². The van der Waals surface area contributed by atoms with Crippen LogP contribution in [0.5, 0.6) is 11.5 Å². The highest BCUT2D eigenvalue weighted by atomic mass is 16.7. The smallest absolute Gasteiger partial charge is 0.231 e. The van der Waals surface area contributed by atoms with Crippen molar-refractivity contribution in [1.82, 2.24) is 0 Å². The van der Waals surface area contributed by atoms with Crippen LogP contribution < -0.4 is 9.47 Å². The second-order valence-electron chi connectivity index (χ2n) is 5.00. The SMILES string of the molecule is C/C(=N\OCc1ccc(C)cc1)c1ccc2c(c1)OCO2. The second-order valence-corrected chi connectivity index (χ2v) is 5.00. The van der Waals surface area contributed by atoms with Gasteiger partial charge in [-0.1, -0.05) is 35.0 Å². The number of rotatable bonds is 4. The summed E-state index contributed by atoms with van der Waals surface area (Å²) < 4.78 is 10.6. The summed E-state index contributed by atoms with van der Waals surface area (Å²) >= 11 is 0. The maximum absolute atomic E-state index is 5.41. The van der Waals surface area contributed by atoms with Crippen molar-refractivity contribution in [3.05, 3.63) is 59.2 Å². The zero-order chi connectivity index (χ0) is 14.7. The Morgan fingerprint density at radius 2 is 1.86 bits per heavy atom. The van der Waals surface area contributed by atoms with Crippen molar-refractivity contribution < 1.29 is 14.3 Å². The first kappa shape index (κ1) is 13.5. The molecule has 1 heterocycles. The zero-order valence-corrected chi connectivity index (χ0v) is 12.1. The number of aryl methyl sites for hydroxylation is 1. The van der Waals surface area contributed by atoms with Gasteiger partial charge < -0.3 is 14.3 Å². The van der Waals surface area contributed by atoms with Crippen molar-refractivity contribution in [2.24, 2.45) is 5.16 Å². The molecule has 4 heteroatoms. The minimum atomic E-state index is 0.277. The summed E-state index contributed by atoms with van der Waals surface area (Å²) in [6, 6.07) is 14.0.